The predicted molar refractivity (Wildman–Crippen MR) is 102 cm³/mol. The average molecular weight is 355 g/mol. The second-order valence-electron chi connectivity index (χ2n) is 10.7. The Balaban J connectivity index is 1.57. The van der Waals surface area contributed by atoms with E-state index in [4.69, 9.17) is 0 Å². The van der Waals surface area contributed by atoms with E-state index in [1.807, 2.05) is 0 Å². The van der Waals surface area contributed by atoms with E-state index in [1.54, 1.807) is 0 Å². The molecule has 26 heavy (non-hydrogen) atoms. The van der Waals surface area contributed by atoms with Gasteiger partial charge in [0.05, 0.1) is 0 Å². The molecule has 8 atom stereocenters. The number of rotatable bonds is 1. The molecule has 2 nitrogen and oxygen atoms in total. The van der Waals surface area contributed by atoms with E-state index in [-0.39, 0.29) is 17.3 Å². The largest absolute Gasteiger partial charge is 0.299 e. The lowest BCUT2D eigenvalue weighted by Crippen LogP contribution is -2.61. The summed E-state index contributed by atoms with van der Waals surface area (Å²) >= 11 is 0. The van der Waals surface area contributed by atoms with E-state index in [0.717, 1.165) is 25.7 Å². The van der Waals surface area contributed by atoms with Gasteiger partial charge in [-0.05, 0) is 79.4 Å². The van der Waals surface area contributed by atoms with Gasteiger partial charge >= 0.3 is 0 Å². The van der Waals surface area contributed by atoms with E-state index < -0.39 is 0 Å². The van der Waals surface area contributed by atoms with Gasteiger partial charge in [0.1, 0.15) is 11.6 Å². The first kappa shape index (κ1) is 17.2. The maximum atomic E-state index is 13.3. The zero-order valence-corrected chi connectivity index (χ0v) is 16.5. The molecule has 5 aliphatic rings. The van der Waals surface area contributed by atoms with Crippen LogP contribution in [-0.2, 0) is 9.59 Å². The highest BCUT2D eigenvalue weighted by atomic mass is 16.1. The SMILES string of the molecule is C[C@@]12CCC[C@H]1[C@@H]1C(=O)CC3CCC(=O)C(C4C=CCC4)[C@]3(C)[C@@H]1CC2. The fourth-order valence-electron chi connectivity index (χ4n) is 8.53. The Morgan fingerprint density at radius 2 is 1.81 bits per heavy atom. The van der Waals surface area contributed by atoms with Crippen molar-refractivity contribution in [1.29, 1.82) is 0 Å². The highest BCUT2D eigenvalue weighted by Gasteiger charge is 2.64. The molecule has 2 heteroatoms. The number of hydrogen-bond acceptors (Lipinski definition) is 2. The molecule has 0 saturated heterocycles. The first-order chi connectivity index (χ1) is 12.4. The third kappa shape index (κ3) is 2.17. The molecule has 142 valence electrons. The van der Waals surface area contributed by atoms with E-state index in [2.05, 4.69) is 26.0 Å². The summed E-state index contributed by atoms with van der Waals surface area (Å²) in [5.74, 6) is 3.40. The fraction of sp³-hybridized carbons (Fsp3) is 0.833. The van der Waals surface area contributed by atoms with Gasteiger partial charge in [-0.3, -0.25) is 9.59 Å². The number of hydrogen-bond donors (Lipinski definition) is 0. The van der Waals surface area contributed by atoms with Crippen LogP contribution in [0.2, 0.25) is 0 Å². The zero-order chi connectivity index (χ0) is 18.1. The van der Waals surface area contributed by atoms with Crippen LogP contribution < -0.4 is 0 Å². The van der Waals surface area contributed by atoms with Crippen molar-refractivity contribution in [2.24, 2.45) is 46.3 Å². The molecule has 0 radical (unpaired) electrons. The van der Waals surface area contributed by atoms with Crippen molar-refractivity contribution in [3.63, 3.8) is 0 Å². The second kappa shape index (κ2) is 5.79. The molecule has 0 bridgehead atoms. The van der Waals surface area contributed by atoms with Gasteiger partial charge in [0.2, 0.25) is 0 Å². The van der Waals surface area contributed by atoms with E-state index >= 15 is 0 Å². The standard InChI is InChI=1S/C24H34O2/c1-23-12-5-8-17(23)21-18(11-13-23)24(2)16(14-20(21)26)9-10-19(25)22(24)15-6-3-4-7-15/h3,6,15-18,21-22H,4-5,7-14H2,1-2H3/t15?,16?,17-,18+,21-,22?,23-,24-/m0/s1. The highest BCUT2D eigenvalue weighted by molar-refractivity contribution is 5.87. The van der Waals surface area contributed by atoms with Crippen molar-refractivity contribution < 1.29 is 9.59 Å². The molecule has 0 N–H and O–H groups in total. The summed E-state index contributed by atoms with van der Waals surface area (Å²) in [5.41, 5.74) is 0.443. The summed E-state index contributed by atoms with van der Waals surface area (Å²) in [4.78, 5) is 26.5. The van der Waals surface area contributed by atoms with Crippen LogP contribution in [0.4, 0.5) is 0 Å². The fourth-order valence-corrected chi connectivity index (χ4v) is 8.53. The topological polar surface area (TPSA) is 34.1 Å². The number of carbonyl (C=O) groups is 2. The minimum atomic E-state index is 0.0528. The summed E-state index contributed by atoms with van der Waals surface area (Å²) in [6.45, 7) is 4.89. The average Bonchev–Trinajstić information content (AvgIpc) is 3.25. The van der Waals surface area contributed by atoms with Crippen molar-refractivity contribution in [2.75, 3.05) is 0 Å². The Labute approximate surface area is 158 Å². The maximum absolute atomic E-state index is 13.3. The smallest absolute Gasteiger partial charge is 0.137 e. The van der Waals surface area contributed by atoms with Crippen molar-refractivity contribution >= 4 is 11.6 Å². The summed E-state index contributed by atoms with van der Waals surface area (Å²) in [7, 11) is 0. The highest BCUT2D eigenvalue weighted by Crippen LogP contribution is 2.67. The van der Waals surface area contributed by atoms with Gasteiger partial charge in [-0.15, -0.1) is 0 Å². The van der Waals surface area contributed by atoms with E-state index in [0.29, 0.717) is 47.1 Å². The molecule has 0 heterocycles. The Hall–Kier alpha value is -0.920. The molecule has 4 saturated carbocycles. The second-order valence-corrected chi connectivity index (χ2v) is 10.7. The van der Waals surface area contributed by atoms with Crippen molar-refractivity contribution in [1.82, 2.24) is 0 Å². The molecule has 5 rings (SSSR count). The summed E-state index contributed by atoms with van der Waals surface area (Å²) in [6, 6.07) is 0. The molecule has 4 fully saturated rings. The quantitative estimate of drug-likeness (QED) is 0.594. The minimum Gasteiger partial charge on any atom is -0.299 e. The number of Topliss-reactive ketones (excluding diaryl/α,β-unsaturated/α-hetero) is 2. The van der Waals surface area contributed by atoms with Crippen LogP contribution in [-0.4, -0.2) is 11.6 Å². The van der Waals surface area contributed by atoms with Crippen molar-refractivity contribution in [2.45, 2.75) is 78.1 Å². The monoisotopic (exact) mass is 354 g/mol. The maximum Gasteiger partial charge on any atom is 0.137 e. The molecular formula is C24H34O2. The van der Waals surface area contributed by atoms with Crippen LogP contribution in [0.25, 0.3) is 0 Å². The molecule has 3 unspecified atom stereocenters. The van der Waals surface area contributed by atoms with Gasteiger partial charge < -0.3 is 0 Å². The molecule has 5 aliphatic carbocycles. The van der Waals surface area contributed by atoms with Gasteiger partial charge in [-0.2, -0.15) is 0 Å². The lowest BCUT2D eigenvalue weighted by atomic mass is 9.41. The van der Waals surface area contributed by atoms with Crippen LogP contribution in [0.15, 0.2) is 12.2 Å². The lowest BCUT2D eigenvalue weighted by molar-refractivity contribution is -0.171. The van der Waals surface area contributed by atoms with Crippen molar-refractivity contribution in [3.8, 4) is 0 Å². The van der Waals surface area contributed by atoms with Gasteiger partial charge in [-0.25, -0.2) is 0 Å². The molecular weight excluding hydrogens is 320 g/mol. The van der Waals surface area contributed by atoms with Crippen LogP contribution >= 0.6 is 0 Å². The summed E-state index contributed by atoms with van der Waals surface area (Å²) < 4.78 is 0. The van der Waals surface area contributed by atoms with E-state index in [9.17, 15) is 9.59 Å². The molecule has 0 spiro atoms. The third-order valence-electron chi connectivity index (χ3n) is 9.78. The Morgan fingerprint density at radius 1 is 0.962 bits per heavy atom. The van der Waals surface area contributed by atoms with Gasteiger partial charge in [-0.1, -0.05) is 32.4 Å². The van der Waals surface area contributed by atoms with Gasteiger partial charge in [0.25, 0.3) is 0 Å². The van der Waals surface area contributed by atoms with Crippen LogP contribution in [0, 0.1) is 46.3 Å². The number of fused-ring (bicyclic) bond motifs is 5. The molecule has 0 aromatic heterocycles. The zero-order valence-electron chi connectivity index (χ0n) is 16.5. The van der Waals surface area contributed by atoms with Gasteiger partial charge in [0.15, 0.2) is 0 Å². The summed E-state index contributed by atoms with van der Waals surface area (Å²) in [6.07, 6.45) is 15.6. The molecule has 0 aromatic carbocycles. The minimum absolute atomic E-state index is 0.0528. The predicted octanol–water partition coefficient (Wildman–Crippen LogP) is 5.36. The summed E-state index contributed by atoms with van der Waals surface area (Å²) in [5, 5.41) is 0. The number of carbonyl (C=O) groups excluding carboxylic acids is 2. The first-order valence-electron chi connectivity index (χ1n) is 11.2. The first-order valence-corrected chi connectivity index (χ1v) is 11.2. The Kier molecular flexibility index (Phi) is 3.83. The number of ketones is 2. The Bertz CT molecular complexity index is 663. The lowest BCUT2D eigenvalue weighted by Gasteiger charge is -2.61. The Morgan fingerprint density at radius 3 is 2.58 bits per heavy atom. The van der Waals surface area contributed by atoms with Crippen LogP contribution in [0.3, 0.4) is 0 Å². The third-order valence-corrected chi connectivity index (χ3v) is 9.78. The normalized spacial score (nSPS) is 53.3. The van der Waals surface area contributed by atoms with Crippen LogP contribution in [0.5, 0.6) is 0 Å². The van der Waals surface area contributed by atoms with Gasteiger partial charge in [0, 0.05) is 24.7 Å². The number of allylic oxidation sites excluding steroid dienone is 2. The molecule has 0 amide bonds. The molecule has 0 aliphatic heterocycles. The molecule has 0 aromatic rings. The van der Waals surface area contributed by atoms with Crippen LogP contribution in [0.1, 0.15) is 78.1 Å². The van der Waals surface area contributed by atoms with Crippen molar-refractivity contribution in [3.05, 3.63) is 12.2 Å². The van der Waals surface area contributed by atoms with E-state index in [1.165, 1.54) is 32.1 Å².